The number of carbonyl (C=O) groups is 1. The number of hydrogen-bond acceptors (Lipinski definition) is 2. The summed E-state index contributed by atoms with van der Waals surface area (Å²) in [5, 5.41) is 2.90. The maximum Gasteiger partial charge on any atom is 0.228 e. The molecule has 0 bridgehead atoms. The molecule has 1 atom stereocenters. The molecule has 1 aliphatic heterocycles. The van der Waals surface area contributed by atoms with Crippen molar-refractivity contribution in [2.75, 3.05) is 0 Å². The normalized spacial score (nSPS) is 24.8. The van der Waals surface area contributed by atoms with Gasteiger partial charge in [-0.1, -0.05) is 19.1 Å². The average Bonchev–Trinajstić information content (AvgIpc) is 3.41. The van der Waals surface area contributed by atoms with Gasteiger partial charge in [0.05, 0.1) is 0 Å². The number of fused-ring (bicyclic) bond motifs is 1. The molecule has 128 valence electrons. The summed E-state index contributed by atoms with van der Waals surface area (Å²) in [5.41, 5.74) is 1.44. The van der Waals surface area contributed by atoms with Crippen molar-refractivity contribution in [3.63, 3.8) is 0 Å². The summed E-state index contributed by atoms with van der Waals surface area (Å²) < 4.78 is 27.5. The molecule has 1 aromatic carbocycles. The molecule has 1 N–H and O–H groups in total. The van der Waals surface area contributed by atoms with E-state index in [9.17, 15) is 13.6 Å². The second-order valence-electron chi connectivity index (χ2n) is 7.08. The SMILES string of the molecule is CC12C=CC(c3cc(F)ccc3F)=CC1=CN=C(NC(=O)C1CC1)C2. The van der Waals surface area contributed by atoms with Gasteiger partial charge in [0.25, 0.3) is 0 Å². The van der Waals surface area contributed by atoms with Crippen molar-refractivity contribution in [3.8, 4) is 0 Å². The number of amides is 1. The van der Waals surface area contributed by atoms with Gasteiger partial charge in [-0.15, -0.1) is 0 Å². The van der Waals surface area contributed by atoms with Crippen molar-refractivity contribution >= 4 is 17.3 Å². The van der Waals surface area contributed by atoms with Crippen LogP contribution >= 0.6 is 0 Å². The summed E-state index contributed by atoms with van der Waals surface area (Å²) in [7, 11) is 0. The molecule has 1 heterocycles. The van der Waals surface area contributed by atoms with Crippen LogP contribution in [-0.4, -0.2) is 11.7 Å². The van der Waals surface area contributed by atoms with E-state index >= 15 is 0 Å². The van der Waals surface area contributed by atoms with Gasteiger partial charge in [-0.2, -0.15) is 0 Å². The summed E-state index contributed by atoms with van der Waals surface area (Å²) in [4.78, 5) is 16.3. The number of amidine groups is 1. The van der Waals surface area contributed by atoms with E-state index in [0.717, 1.165) is 30.5 Å². The van der Waals surface area contributed by atoms with E-state index in [1.165, 1.54) is 6.07 Å². The predicted molar refractivity (Wildman–Crippen MR) is 92.6 cm³/mol. The van der Waals surface area contributed by atoms with Crippen molar-refractivity contribution in [2.24, 2.45) is 16.3 Å². The minimum Gasteiger partial charge on any atom is -0.314 e. The van der Waals surface area contributed by atoms with Crippen LogP contribution < -0.4 is 5.32 Å². The number of aliphatic imine (C=N–C) groups is 1. The fourth-order valence-corrected chi connectivity index (χ4v) is 3.19. The van der Waals surface area contributed by atoms with Crippen LogP contribution in [0.1, 0.15) is 31.7 Å². The van der Waals surface area contributed by atoms with E-state index in [2.05, 4.69) is 10.3 Å². The van der Waals surface area contributed by atoms with Crippen LogP contribution in [0.2, 0.25) is 0 Å². The Morgan fingerprint density at radius 3 is 2.88 bits per heavy atom. The van der Waals surface area contributed by atoms with E-state index in [1.54, 1.807) is 12.3 Å². The van der Waals surface area contributed by atoms with Crippen molar-refractivity contribution in [1.29, 1.82) is 0 Å². The number of allylic oxidation sites excluding steroid dienone is 5. The van der Waals surface area contributed by atoms with Gasteiger partial charge in [0.1, 0.15) is 17.5 Å². The number of nitrogens with one attached hydrogen (secondary N) is 1. The molecule has 0 radical (unpaired) electrons. The Bertz CT molecular complexity index is 878. The lowest BCUT2D eigenvalue weighted by Crippen LogP contribution is -2.37. The molecule has 1 saturated carbocycles. The highest BCUT2D eigenvalue weighted by Gasteiger charge is 2.35. The van der Waals surface area contributed by atoms with Gasteiger partial charge in [-0.25, -0.2) is 13.8 Å². The lowest BCUT2D eigenvalue weighted by Gasteiger charge is -2.33. The van der Waals surface area contributed by atoms with Crippen molar-refractivity contribution in [2.45, 2.75) is 26.2 Å². The van der Waals surface area contributed by atoms with Crippen LogP contribution in [-0.2, 0) is 4.79 Å². The molecule has 0 spiro atoms. The number of rotatable bonds is 2. The molecule has 1 amide bonds. The molecule has 0 saturated heterocycles. The predicted octanol–water partition coefficient (Wildman–Crippen LogP) is 4.14. The Morgan fingerprint density at radius 2 is 2.12 bits per heavy atom. The fraction of sp³-hybridized carbons (Fsp3) is 0.300. The zero-order valence-corrected chi connectivity index (χ0v) is 13.9. The summed E-state index contributed by atoms with van der Waals surface area (Å²) in [6.45, 7) is 2.04. The van der Waals surface area contributed by atoms with Gasteiger partial charge in [-0.3, -0.25) is 4.79 Å². The topological polar surface area (TPSA) is 41.5 Å². The molecule has 3 aliphatic rings. The number of carbonyl (C=O) groups excluding carboxylic acids is 1. The first kappa shape index (κ1) is 15.9. The van der Waals surface area contributed by atoms with Crippen molar-refractivity contribution in [1.82, 2.24) is 5.32 Å². The molecular weight excluding hydrogens is 322 g/mol. The molecule has 0 aromatic heterocycles. The molecule has 5 heteroatoms. The zero-order chi connectivity index (χ0) is 17.6. The monoisotopic (exact) mass is 340 g/mol. The quantitative estimate of drug-likeness (QED) is 0.864. The van der Waals surface area contributed by atoms with E-state index in [0.29, 0.717) is 17.8 Å². The Balaban J connectivity index is 1.63. The second kappa shape index (κ2) is 5.76. The van der Waals surface area contributed by atoms with Crippen LogP contribution in [0, 0.1) is 23.0 Å². The Labute approximate surface area is 144 Å². The van der Waals surface area contributed by atoms with Crippen LogP contribution in [0.15, 0.2) is 53.2 Å². The zero-order valence-electron chi connectivity index (χ0n) is 13.9. The molecule has 3 nitrogen and oxygen atoms in total. The first-order valence-electron chi connectivity index (χ1n) is 8.39. The average molecular weight is 340 g/mol. The van der Waals surface area contributed by atoms with Gasteiger partial charge in [0.15, 0.2) is 0 Å². The number of halogens is 2. The van der Waals surface area contributed by atoms with Crippen molar-refractivity contribution < 1.29 is 13.6 Å². The molecule has 2 aliphatic carbocycles. The molecule has 25 heavy (non-hydrogen) atoms. The van der Waals surface area contributed by atoms with Gasteiger partial charge >= 0.3 is 0 Å². The maximum absolute atomic E-state index is 14.0. The van der Waals surface area contributed by atoms with E-state index in [-0.39, 0.29) is 22.8 Å². The number of nitrogens with zero attached hydrogens (tertiary/aromatic N) is 1. The van der Waals surface area contributed by atoms with Gasteiger partial charge < -0.3 is 5.32 Å². The largest absolute Gasteiger partial charge is 0.314 e. The second-order valence-corrected chi connectivity index (χ2v) is 7.08. The minimum atomic E-state index is -0.472. The molecule has 1 fully saturated rings. The Hall–Kier alpha value is -2.56. The molecule has 4 rings (SSSR count). The summed E-state index contributed by atoms with van der Waals surface area (Å²) in [6, 6.07) is 3.43. The molecule has 1 aromatic rings. The first-order chi connectivity index (χ1) is 11.9. The van der Waals surface area contributed by atoms with E-state index in [1.807, 2.05) is 19.1 Å². The van der Waals surface area contributed by atoms with Crippen LogP contribution in [0.3, 0.4) is 0 Å². The third-order valence-corrected chi connectivity index (χ3v) is 4.95. The summed E-state index contributed by atoms with van der Waals surface area (Å²) >= 11 is 0. The first-order valence-corrected chi connectivity index (χ1v) is 8.39. The van der Waals surface area contributed by atoms with Gasteiger partial charge in [0, 0.05) is 29.5 Å². The van der Waals surface area contributed by atoms with Gasteiger partial charge in [-0.05, 0) is 48.3 Å². The van der Waals surface area contributed by atoms with Crippen molar-refractivity contribution in [3.05, 3.63) is 65.4 Å². The van der Waals surface area contributed by atoms with Crippen LogP contribution in [0.25, 0.3) is 5.57 Å². The highest BCUT2D eigenvalue weighted by atomic mass is 19.1. The summed E-state index contributed by atoms with van der Waals surface area (Å²) in [6.07, 6.45) is 9.78. The third-order valence-electron chi connectivity index (χ3n) is 4.95. The maximum atomic E-state index is 14.0. The minimum absolute atomic E-state index is 0.0389. The number of benzene rings is 1. The highest BCUT2D eigenvalue weighted by Crippen LogP contribution is 2.42. The lowest BCUT2D eigenvalue weighted by atomic mass is 9.73. The Morgan fingerprint density at radius 1 is 1.32 bits per heavy atom. The fourth-order valence-electron chi connectivity index (χ4n) is 3.19. The highest BCUT2D eigenvalue weighted by molar-refractivity contribution is 6.01. The smallest absolute Gasteiger partial charge is 0.228 e. The third kappa shape index (κ3) is 3.06. The Kier molecular flexibility index (Phi) is 3.67. The van der Waals surface area contributed by atoms with Crippen LogP contribution in [0.5, 0.6) is 0 Å². The van der Waals surface area contributed by atoms with E-state index < -0.39 is 11.6 Å². The molecular formula is C20H18F2N2O. The summed E-state index contributed by atoms with van der Waals surface area (Å²) in [5.74, 6) is -0.109. The van der Waals surface area contributed by atoms with Gasteiger partial charge in [0.2, 0.25) is 5.91 Å². The number of hydrogen-bond donors (Lipinski definition) is 1. The van der Waals surface area contributed by atoms with Crippen LogP contribution in [0.4, 0.5) is 8.78 Å². The molecule has 1 unspecified atom stereocenters. The standard InChI is InChI=1S/C20H18F2N2O/c1-20-7-6-13(16-9-15(21)4-5-17(16)22)8-14(20)11-23-18(10-20)24-19(25)12-2-3-12/h4-9,11-12H,2-3,10H2,1H3,(H,23,24,25). The lowest BCUT2D eigenvalue weighted by molar-refractivity contribution is -0.120. The van der Waals surface area contributed by atoms with E-state index in [4.69, 9.17) is 0 Å².